The number of rotatable bonds is 7. The number of anilines is 1. The van der Waals surface area contributed by atoms with Crippen molar-refractivity contribution in [1.82, 2.24) is 4.98 Å². The van der Waals surface area contributed by atoms with Crippen LogP contribution in [0.15, 0.2) is 103 Å². The van der Waals surface area contributed by atoms with E-state index in [-0.39, 0.29) is 5.69 Å². The Morgan fingerprint density at radius 3 is 2.03 bits per heavy atom. The molecule has 5 aromatic rings. The summed E-state index contributed by atoms with van der Waals surface area (Å²) in [4.78, 5) is 17.0. The molecule has 0 saturated carbocycles. The van der Waals surface area contributed by atoms with Crippen LogP contribution in [-0.2, 0) is 13.0 Å². The molecule has 1 aromatic heterocycles. The number of carbonyl (C=O) groups is 1. The van der Waals surface area contributed by atoms with Gasteiger partial charge < -0.3 is 15.6 Å². The summed E-state index contributed by atoms with van der Waals surface area (Å²) in [5.41, 5.74) is 11.6. The second-order valence-electron chi connectivity index (χ2n) is 8.30. The zero-order valence-corrected chi connectivity index (χ0v) is 19.0. The normalized spacial score (nSPS) is 10.9. The van der Waals surface area contributed by atoms with Gasteiger partial charge in [-0.15, -0.1) is 0 Å². The molecule has 0 aliphatic rings. The number of nitrogens with two attached hydrogens (primary N) is 1. The van der Waals surface area contributed by atoms with Gasteiger partial charge in [-0.3, -0.25) is 0 Å². The SMILES string of the molecule is Nc1c(-c2ccccc2)ccc2c(OCc3ccccc3)c(Cc3ccccc3)c(C(=O)O)nc12. The summed E-state index contributed by atoms with van der Waals surface area (Å²) in [7, 11) is 0. The maximum atomic E-state index is 12.4. The number of nitrogens with zero attached hydrogens (tertiary/aromatic N) is 1. The molecule has 0 aliphatic carbocycles. The summed E-state index contributed by atoms with van der Waals surface area (Å²) in [5.74, 6) is -0.627. The van der Waals surface area contributed by atoms with Gasteiger partial charge in [0.2, 0.25) is 0 Å². The number of nitrogen functional groups attached to an aromatic ring is 1. The minimum absolute atomic E-state index is 0.0543. The molecule has 0 atom stereocenters. The summed E-state index contributed by atoms with van der Waals surface area (Å²) in [6.45, 7) is 0.293. The van der Waals surface area contributed by atoms with E-state index < -0.39 is 5.97 Å². The first-order valence-electron chi connectivity index (χ1n) is 11.4. The summed E-state index contributed by atoms with van der Waals surface area (Å²) in [6.07, 6.45) is 0.371. The monoisotopic (exact) mass is 460 g/mol. The lowest BCUT2D eigenvalue weighted by atomic mass is 9.96. The molecule has 5 nitrogen and oxygen atoms in total. The first-order valence-corrected chi connectivity index (χ1v) is 11.4. The third-order valence-electron chi connectivity index (χ3n) is 5.98. The smallest absolute Gasteiger partial charge is 0.354 e. The number of hydrogen-bond acceptors (Lipinski definition) is 4. The Balaban J connectivity index is 1.72. The van der Waals surface area contributed by atoms with Crippen LogP contribution in [0.2, 0.25) is 0 Å². The highest BCUT2D eigenvalue weighted by Crippen LogP contribution is 2.39. The van der Waals surface area contributed by atoms with Crippen LogP contribution in [0.4, 0.5) is 5.69 Å². The van der Waals surface area contributed by atoms with E-state index in [0.29, 0.717) is 40.9 Å². The van der Waals surface area contributed by atoms with Crippen LogP contribution in [0, 0.1) is 0 Å². The maximum Gasteiger partial charge on any atom is 0.354 e. The number of aromatic nitrogens is 1. The van der Waals surface area contributed by atoms with Crippen molar-refractivity contribution in [3.05, 3.63) is 126 Å². The molecule has 0 spiro atoms. The second kappa shape index (κ2) is 9.69. The molecule has 0 unspecified atom stereocenters. The standard InChI is InChI=1S/C30H24N2O3/c31-26-23(22-14-8-3-9-15-22)16-17-24-27(26)32-28(30(33)34)25(18-20-10-4-1-5-11-20)29(24)35-19-21-12-6-2-7-13-21/h1-17H,18-19,31H2,(H,33,34). The zero-order chi connectivity index (χ0) is 24.2. The van der Waals surface area contributed by atoms with E-state index >= 15 is 0 Å². The van der Waals surface area contributed by atoms with Crippen LogP contribution in [-0.4, -0.2) is 16.1 Å². The van der Waals surface area contributed by atoms with Crippen molar-refractivity contribution in [2.75, 3.05) is 5.73 Å². The number of hydrogen-bond donors (Lipinski definition) is 2. The van der Waals surface area contributed by atoms with Gasteiger partial charge in [0.25, 0.3) is 0 Å². The number of aromatic carboxylic acids is 1. The molecule has 0 bridgehead atoms. The van der Waals surface area contributed by atoms with Crippen molar-refractivity contribution in [2.24, 2.45) is 0 Å². The minimum atomic E-state index is -1.12. The van der Waals surface area contributed by atoms with Gasteiger partial charge in [0.1, 0.15) is 12.4 Å². The van der Waals surface area contributed by atoms with E-state index in [4.69, 9.17) is 10.5 Å². The Hall–Kier alpha value is -4.64. The van der Waals surface area contributed by atoms with Gasteiger partial charge in [0.05, 0.1) is 11.2 Å². The highest BCUT2D eigenvalue weighted by molar-refractivity contribution is 6.04. The van der Waals surface area contributed by atoms with Crippen LogP contribution in [0.25, 0.3) is 22.0 Å². The quantitative estimate of drug-likeness (QED) is 0.276. The van der Waals surface area contributed by atoms with Gasteiger partial charge in [-0.1, -0.05) is 97.1 Å². The van der Waals surface area contributed by atoms with Gasteiger partial charge in [-0.25, -0.2) is 9.78 Å². The fourth-order valence-corrected chi connectivity index (χ4v) is 4.27. The molecule has 5 rings (SSSR count). The molecular formula is C30H24N2O3. The van der Waals surface area contributed by atoms with Gasteiger partial charge in [0, 0.05) is 22.9 Å². The number of benzene rings is 4. The third kappa shape index (κ3) is 4.57. The Kier molecular flexibility index (Phi) is 6.14. The average Bonchev–Trinajstić information content (AvgIpc) is 2.89. The zero-order valence-electron chi connectivity index (χ0n) is 19.0. The summed E-state index contributed by atoms with van der Waals surface area (Å²) >= 11 is 0. The molecule has 0 aliphatic heterocycles. The lowest BCUT2D eigenvalue weighted by Crippen LogP contribution is -2.11. The Morgan fingerprint density at radius 2 is 1.40 bits per heavy atom. The average molecular weight is 461 g/mol. The van der Waals surface area contributed by atoms with Crippen molar-refractivity contribution in [2.45, 2.75) is 13.0 Å². The van der Waals surface area contributed by atoms with Crippen LogP contribution in [0.3, 0.4) is 0 Å². The number of ether oxygens (including phenoxy) is 1. The first kappa shape index (κ1) is 22.2. The highest BCUT2D eigenvalue weighted by Gasteiger charge is 2.23. The molecule has 5 heteroatoms. The third-order valence-corrected chi connectivity index (χ3v) is 5.98. The molecular weight excluding hydrogens is 436 g/mol. The topological polar surface area (TPSA) is 85.4 Å². The number of fused-ring (bicyclic) bond motifs is 1. The largest absolute Gasteiger partial charge is 0.488 e. The lowest BCUT2D eigenvalue weighted by molar-refractivity contribution is 0.0689. The maximum absolute atomic E-state index is 12.4. The van der Waals surface area contributed by atoms with E-state index in [1.807, 2.05) is 103 Å². The fourth-order valence-electron chi connectivity index (χ4n) is 4.27. The molecule has 172 valence electrons. The van der Waals surface area contributed by atoms with Gasteiger partial charge in [-0.2, -0.15) is 0 Å². The Morgan fingerprint density at radius 1 is 0.800 bits per heavy atom. The molecule has 1 heterocycles. The van der Waals surface area contributed by atoms with Crippen molar-refractivity contribution in [3.63, 3.8) is 0 Å². The van der Waals surface area contributed by atoms with E-state index in [2.05, 4.69) is 4.98 Å². The molecule has 4 aromatic carbocycles. The van der Waals surface area contributed by atoms with E-state index in [1.165, 1.54) is 0 Å². The van der Waals surface area contributed by atoms with E-state index in [0.717, 1.165) is 22.3 Å². The minimum Gasteiger partial charge on any atom is -0.488 e. The fraction of sp³-hybridized carbons (Fsp3) is 0.0667. The van der Waals surface area contributed by atoms with Crippen LogP contribution in [0.1, 0.15) is 27.2 Å². The van der Waals surface area contributed by atoms with Crippen molar-refractivity contribution >= 4 is 22.6 Å². The van der Waals surface area contributed by atoms with Gasteiger partial charge in [0.15, 0.2) is 5.69 Å². The first-order chi connectivity index (χ1) is 17.1. The van der Waals surface area contributed by atoms with Crippen molar-refractivity contribution in [3.8, 4) is 16.9 Å². The van der Waals surface area contributed by atoms with Crippen LogP contribution in [0.5, 0.6) is 5.75 Å². The number of pyridine rings is 1. The van der Waals surface area contributed by atoms with Gasteiger partial charge in [-0.05, 0) is 22.8 Å². The van der Waals surface area contributed by atoms with E-state index in [9.17, 15) is 9.90 Å². The molecule has 0 amide bonds. The summed E-state index contributed by atoms with van der Waals surface area (Å²) < 4.78 is 6.34. The molecule has 3 N–H and O–H groups in total. The van der Waals surface area contributed by atoms with Crippen molar-refractivity contribution < 1.29 is 14.6 Å². The number of carboxylic acids is 1. The lowest BCUT2D eigenvalue weighted by Gasteiger charge is -2.19. The van der Waals surface area contributed by atoms with Gasteiger partial charge >= 0.3 is 5.97 Å². The van der Waals surface area contributed by atoms with Crippen molar-refractivity contribution in [1.29, 1.82) is 0 Å². The van der Waals surface area contributed by atoms with Crippen LogP contribution < -0.4 is 10.5 Å². The second-order valence-corrected chi connectivity index (χ2v) is 8.30. The molecule has 0 fully saturated rings. The Labute approximate surface area is 203 Å². The molecule has 35 heavy (non-hydrogen) atoms. The highest BCUT2D eigenvalue weighted by atomic mass is 16.5. The van der Waals surface area contributed by atoms with Crippen LogP contribution >= 0.6 is 0 Å². The summed E-state index contributed by atoms with van der Waals surface area (Å²) in [6, 6.07) is 33.1. The van der Waals surface area contributed by atoms with E-state index in [1.54, 1.807) is 0 Å². The molecule has 0 saturated heterocycles. The summed E-state index contributed by atoms with van der Waals surface area (Å²) in [5, 5.41) is 10.8. The molecule has 0 radical (unpaired) electrons. The Bertz CT molecular complexity index is 1480. The predicted octanol–water partition coefficient (Wildman–Crippen LogP) is 6.35. The number of carboxylic acid groups (broad SMARTS) is 1. The predicted molar refractivity (Wildman–Crippen MR) is 139 cm³/mol.